The van der Waals surface area contributed by atoms with E-state index in [9.17, 15) is 18.0 Å². The molecule has 4 nitrogen and oxygen atoms in total. The van der Waals surface area contributed by atoms with E-state index in [2.05, 4.69) is 4.98 Å². The van der Waals surface area contributed by atoms with Crippen LogP contribution < -0.4 is 4.90 Å². The second-order valence-corrected chi connectivity index (χ2v) is 5.54. The molecule has 1 aliphatic rings. The number of benzene rings is 1. The molecule has 24 heavy (non-hydrogen) atoms. The Morgan fingerprint density at radius 1 is 1.00 bits per heavy atom. The van der Waals surface area contributed by atoms with Crippen LogP contribution in [0.2, 0.25) is 0 Å². The van der Waals surface area contributed by atoms with E-state index in [4.69, 9.17) is 0 Å². The molecule has 3 rings (SSSR count). The molecule has 1 aromatic heterocycles. The number of halogens is 3. The summed E-state index contributed by atoms with van der Waals surface area (Å²) < 4.78 is 39.4. The highest BCUT2D eigenvalue weighted by atomic mass is 19.4. The maximum Gasteiger partial charge on any atom is 0.418 e. The molecule has 7 heteroatoms. The Labute approximate surface area is 137 Å². The number of anilines is 1. The second-order valence-electron chi connectivity index (χ2n) is 5.54. The third kappa shape index (κ3) is 3.34. The first kappa shape index (κ1) is 16.3. The molecule has 1 saturated heterocycles. The van der Waals surface area contributed by atoms with Gasteiger partial charge in [0.25, 0.3) is 5.91 Å². The summed E-state index contributed by atoms with van der Waals surface area (Å²) in [6.45, 7) is 1.47. The highest BCUT2D eigenvalue weighted by Crippen LogP contribution is 2.36. The average Bonchev–Trinajstić information content (AvgIpc) is 2.61. The molecule has 1 amide bonds. The predicted molar refractivity (Wildman–Crippen MR) is 83.8 cm³/mol. The van der Waals surface area contributed by atoms with E-state index in [1.54, 1.807) is 34.2 Å². The summed E-state index contributed by atoms with van der Waals surface area (Å²) in [6, 6.07) is 8.90. The number of hydrogen-bond acceptors (Lipinski definition) is 3. The summed E-state index contributed by atoms with van der Waals surface area (Å²) in [5, 5.41) is 0. The standard InChI is InChI=1S/C17H16F3N3O/c18-17(19,20)14-5-1-2-6-15(14)22-8-10-23(11-9-22)16(24)13-4-3-7-21-12-13/h1-7,12H,8-11H2. The van der Waals surface area contributed by atoms with Gasteiger partial charge in [-0.25, -0.2) is 0 Å². The van der Waals surface area contributed by atoms with E-state index in [0.29, 0.717) is 31.7 Å². The summed E-state index contributed by atoms with van der Waals surface area (Å²) in [5.41, 5.74) is 0.0113. The molecular formula is C17H16F3N3O. The van der Waals surface area contributed by atoms with Crippen molar-refractivity contribution in [3.63, 3.8) is 0 Å². The van der Waals surface area contributed by atoms with Gasteiger partial charge < -0.3 is 9.80 Å². The number of amides is 1. The molecule has 0 atom stereocenters. The quantitative estimate of drug-likeness (QED) is 0.846. The van der Waals surface area contributed by atoms with Crippen molar-refractivity contribution in [2.24, 2.45) is 0 Å². The molecule has 0 spiro atoms. The molecule has 0 N–H and O–H groups in total. The summed E-state index contributed by atoms with van der Waals surface area (Å²) in [4.78, 5) is 19.6. The first-order chi connectivity index (χ1) is 11.5. The number of nitrogens with zero attached hydrogens (tertiary/aromatic N) is 3. The van der Waals surface area contributed by atoms with Crippen molar-refractivity contribution in [2.45, 2.75) is 6.18 Å². The van der Waals surface area contributed by atoms with Gasteiger partial charge in [-0.1, -0.05) is 12.1 Å². The zero-order valence-electron chi connectivity index (χ0n) is 12.8. The SMILES string of the molecule is O=C(c1cccnc1)N1CCN(c2ccccc2C(F)(F)F)CC1. The molecule has 126 valence electrons. The molecule has 1 aliphatic heterocycles. The van der Waals surface area contributed by atoms with Crippen LogP contribution in [0.3, 0.4) is 0 Å². The number of carbonyl (C=O) groups is 1. The van der Waals surface area contributed by atoms with Gasteiger partial charge >= 0.3 is 6.18 Å². The number of carbonyl (C=O) groups excluding carboxylic acids is 1. The first-order valence-corrected chi connectivity index (χ1v) is 7.57. The largest absolute Gasteiger partial charge is 0.418 e. The summed E-state index contributed by atoms with van der Waals surface area (Å²) in [5.74, 6) is -0.146. The van der Waals surface area contributed by atoms with Crippen molar-refractivity contribution in [3.8, 4) is 0 Å². The molecule has 0 unspecified atom stereocenters. The molecule has 1 aromatic carbocycles. The fraction of sp³-hybridized carbons (Fsp3) is 0.294. The van der Waals surface area contributed by atoms with Crippen LogP contribution in [0.5, 0.6) is 0 Å². The predicted octanol–water partition coefficient (Wildman–Crippen LogP) is 3.06. The number of piperazine rings is 1. The van der Waals surface area contributed by atoms with E-state index in [1.807, 2.05) is 0 Å². The number of hydrogen-bond donors (Lipinski definition) is 0. The third-order valence-electron chi connectivity index (χ3n) is 4.03. The van der Waals surface area contributed by atoms with Crippen LogP contribution >= 0.6 is 0 Å². The van der Waals surface area contributed by atoms with E-state index in [1.165, 1.54) is 18.3 Å². The van der Waals surface area contributed by atoms with Gasteiger partial charge in [0.15, 0.2) is 0 Å². The Kier molecular flexibility index (Phi) is 4.42. The lowest BCUT2D eigenvalue weighted by molar-refractivity contribution is -0.137. The Hall–Kier alpha value is -2.57. The van der Waals surface area contributed by atoms with Crippen LogP contribution in [0.25, 0.3) is 0 Å². The molecule has 2 aromatic rings. The van der Waals surface area contributed by atoms with Gasteiger partial charge in [-0.3, -0.25) is 9.78 Å². The van der Waals surface area contributed by atoms with Crippen LogP contribution in [0, 0.1) is 0 Å². The number of rotatable bonds is 2. The van der Waals surface area contributed by atoms with Crippen LogP contribution in [0.1, 0.15) is 15.9 Å². The highest BCUT2D eigenvalue weighted by molar-refractivity contribution is 5.94. The summed E-state index contributed by atoms with van der Waals surface area (Å²) in [6.07, 6.45) is -1.31. The lowest BCUT2D eigenvalue weighted by Crippen LogP contribution is -2.49. The van der Waals surface area contributed by atoms with Crippen molar-refractivity contribution in [3.05, 3.63) is 59.9 Å². The van der Waals surface area contributed by atoms with Crippen LogP contribution in [-0.2, 0) is 6.18 Å². The fourth-order valence-electron chi connectivity index (χ4n) is 2.81. The van der Waals surface area contributed by atoms with Gasteiger partial charge in [-0.15, -0.1) is 0 Å². The zero-order valence-corrected chi connectivity index (χ0v) is 12.8. The lowest BCUT2D eigenvalue weighted by atomic mass is 10.1. The van der Waals surface area contributed by atoms with E-state index < -0.39 is 11.7 Å². The minimum absolute atomic E-state index is 0.146. The van der Waals surface area contributed by atoms with Gasteiger partial charge in [0.1, 0.15) is 0 Å². The minimum atomic E-state index is -4.39. The topological polar surface area (TPSA) is 36.4 Å². The molecular weight excluding hydrogens is 319 g/mol. The number of alkyl halides is 3. The monoisotopic (exact) mass is 335 g/mol. The van der Waals surface area contributed by atoms with Crippen molar-refractivity contribution in [1.29, 1.82) is 0 Å². The Morgan fingerprint density at radius 2 is 1.71 bits per heavy atom. The molecule has 0 aliphatic carbocycles. The van der Waals surface area contributed by atoms with Crippen molar-refractivity contribution in [1.82, 2.24) is 9.88 Å². The van der Waals surface area contributed by atoms with Gasteiger partial charge in [-0.2, -0.15) is 13.2 Å². The van der Waals surface area contributed by atoms with Gasteiger partial charge in [0.2, 0.25) is 0 Å². The molecule has 2 heterocycles. The Morgan fingerprint density at radius 3 is 2.33 bits per heavy atom. The smallest absolute Gasteiger partial charge is 0.367 e. The summed E-state index contributed by atoms with van der Waals surface area (Å²) >= 11 is 0. The van der Waals surface area contributed by atoms with Gasteiger partial charge in [0, 0.05) is 44.3 Å². The van der Waals surface area contributed by atoms with Gasteiger partial charge in [0.05, 0.1) is 11.1 Å². The van der Waals surface area contributed by atoms with Crippen LogP contribution in [0.15, 0.2) is 48.8 Å². The van der Waals surface area contributed by atoms with Crippen LogP contribution in [-0.4, -0.2) is 42.0 Å². The molecule has 0 saturated carbocycles. The molecule has 0 bridgehead atoms. The minimum Gasteiger partial charge on any atom is -0.367 e. The Balaban J connectivity index is 1.71. The maximum absolute atomic E-state index is 13.1. The van der Waals surface area contributed by atoms with Gasteiger partial charge in [-0.05, 0) is 24.3 Å². The molecule has 1 fully saturated rings. The number of aromatic nitrogens is 1. The van der Waals surface area contributed by atoms with Crippen molar-refractivity contribution in [2.75, 3.05) is 31.1 Å². The van der Waals surface area contributed by atoms with E-state index in [-0.39, 0.29) is 11.6 Å². The fourth-order valence-corrected chi connectivity index (χ4v) is 2.81. The van der Waals surface area contributed by atoms with E-state index >= 15 is 0 Å². The Bertz CT molecular complexity index is 711. The second kappa shape index (κ2) is 6.51. The highest BCUT2D eigenvalue weighted by Gasteiger charge is 2.35. The maximum atomic E-state index is 13.1. The van der Waals surface area contributed by atoms with E-state index in [0.717, 1.165) is 6.07 Å². The number of pyridine rings is 1. The first-order valence-electron chi connectivity index (χ1n) is 7.57. The van der Waals surface area contributed by atoms with Crippen molar-refractivity contribution < 1.29 is 18.0 Å². The third-order valence-corrected chi connectivity index (χ3v) is 4.03. The van der Waals surface area contributed by atoms with Crippen LogP contribution in [0.4, 0.5) is 18.9 Å². The normalized spacial score (nSPS) is 15.5. The average molecular weight is 335 g/mol. The summed E-state index contributed by atoms with van der Waals surface area (Å²) in [7, 11) is 0. The molecule has 0 radical (unpaired) electrons. The zero-order chi connectivity index (χ0) is 17.2. The lowest BCUT2D eigenvalue weighted by Gasteiger charge is -2.37. The number of para-hydroxylation sites is 1. The van der Waals surface area contributed by atoms with Crippen molar-refractivity contribution >= 4 is 11.6 Å².